The van der Waals surface area contributed by atoms with Gasteiger partial charge in [-0.1, -0.05) is 32.8 Å². The van der Waals surface area contributed by atoms with E-state index in [2.05, 4.69) is 20.4 Å². The second kappa shape index (κ2) is 3.61. The summed E-state index contributed by atoms with van der Waals surface area (Å²) in [6.45, 7) is 8.16. The average molecular weight is 168 g/mol. The molecule has 1 aliphatic carbocycles. The zero-order valence-corrected chi connectivity index (χ0v) is 8.21. The van der Waals surface area contributed by atoms with Gasteiger partial charge in [-0.25, -0.2) is 0 Å². The molecule has 0 aromatic rings. The molecule has 1 aliphatic rings. The van der Waals surface area contributed by atoms with Crippen LogP contribution in [0.5, 0.6) is 0 Å². The minimum Gasteiger partial charge on any atom is -0.393 e. The number of rotatable bonds is 2. The number of hydrogen-bond donors (Lipinski definition) is 1. The van der Waals surface area contributed by atoms with E-state index in [1.807, 2.05) is 6.08 Å². The quantitative estimate of drug-likeness (QED) is 0.629. The van der Waals surface area contributed by atoms with Crippen LogP contribution in [0.1, 0.15) is 39.5 Å². The number of allylic oxidation sites excluding steroid dienone is 1. The van der Waals surface area contributed by atoms with E-state index in [1.165, 1.54) is 12.8 Å². The highest BCUT2D eigenvalue weighted by Crippen LogP contribution is 2.38. The van der Waals surface area contributed by atoms with Gasteiger partial charge in [-0.15, -0.1) is 6.58 Å². The number of hydrogen-bond acceptors (Lipinski definition) is 1. The van der Waals surface area contributed by atoms with Gasteiger partial charge in [0.15, 0.2) is 0 Å². The Balaban J connectivity index is 2.64. The van der Waals surface area contributed by atoms with Crippen LogP contribution in [0.4, 0.5) is 0 Å². The molecular formula is C11H20O. The van der Waals surface area contributed by atoms with E-state index < -0.39 is 0 Å². The lowest BCUT2D eigenvalue weighted by molar-refractivity contribution is 0.0217. The Bertz CT molecular complexity index is 160. The van der Waals surface area contributed by atoms with Gasteiger partial charge in [-0.3, -0.25) is 0 Å². The summed E-state index contributed by atoms with van der Waals surface area (Å²) in [4.78, 5) is 0. The lowest BCUT2D eigenvalue weighted by Gasteiger charge is -2.38. The largest absolute Gasteiger partial charge is 0.393 e. The Morgan fingerprint density at radius 3 is 2.42 bits per heavy atom. The molecule has 1 heteroatoms. The standard InChI is InChI=1S/C11H20O/c1-4-11(2,3)9-7-5-6-8-10(9)12/h4,9-10,12H,1,5-8H2,2-3H3. The molecular weight excluding hydrogens is 148 g/mol. The summed E-state index contributed by atoms with van der Waals surface area (Å²) in [5.74, 6) is 0.420. The molecule has 0 radical (unpaired) electrons. The van der Waals surface area contributed by atoms with Crippen molar-refractivity contribution in [1.82, 2.24) is 0 Å². The predicted octanol–water partition coefficient (Wildman–Crippen LogP) is 2.75. The average Bonchev–Trinajstić information content (AvgIpc) is 2.05. The molecule has 70 valence electrons. The second-order valence-electron chi connectivity index (χ2n) is 4.48. The van der Waals surface area contributed by atoms with Crippen molar-refractivity contribution in [3.8, 4) is 0 Å². The summed E-state index contributed by atoms with van der Waals surface area (Å²) in [7, 11) is 0. The maximum atomic E-state index is 9.79. The molecule has 0 bridgehead atoms. The van der Waals surface area contributed by atoms with Gasteiger partial charge in [0.2, 0.25) is 0 Å². The number of aliphatic hydroxyl groups excluding tert-OH is 1. The van der Waals surface area contributed by atoms with Crippen molar-refractivity contribution in [2.75, 3.05) is 0 Å². The van der Waals surface area contributed by atoms with Gasteiger partial charge in [0.25, 0.3) is 0 Å². The van der Waals surface area contributed by atoms with Crippen LogP contribution in [0.15, 0.2) is 12.7 Å². The third kappa shape index (κ3) is 1.89. The van der Waals surface area contributed by atoms with Crippen LogP contribution < -0.4 is 0 Å². The van der Waals surface area contributed by atoms with Crippen LogP contribution in [0.3, 0.4) is 0 Å². The van der Waals surface area contributed by atoms with Gasteiger partial charge < -0.3 is 5.11 Å². The van der Waals surface area contributed by atoms with Gasteiger partial charge in [-0.2, -0.15) is 0 Å². The van der Waals surface area contributed by atoms with E-state index in [0.29, 0.717) is 5.92 Å². The highest BCUT2D eigenvalue weighted by atomic mass is 16.3. The van der Waals surface area contributed by atoms with E-state index in [9.17, 15) is 5.11 Å². The molecule has 0 aromatic carbocycles. The highest BCUT2D eigenvalue weighted by Gasteiger charge is 2.33. The van der Waals surface area contributed by atoms with Crippen molar-refractivity contribution in [1.29, 1.82) is 0 Å². The molecule has 0 aliphatic heterocycles. The first kappa shape index (κ1) is 9.79. The summed E-state index contributed by atoms with van der Waals surface area (Å²) in [5, 5.41) is 9.79. The van der Waals surface area contributed by atoms with Crippen molar-refractivity contribution in [3.05, 3.63) is 12.7 Å². The van der Waals surface area contributed by atoms with E-state index in [4.69, 9.17) is 0 Å². The molecule has 0 aromatic heterocycles. The van der Waals surface area contributed by atoms with Gasteiger partial charge in [0.1, 0.15) is 0 Å². The molecule has 1 fully saturated rings. The normalized spacial score (nSPS) is 31.6. The van der Waals surface area contributed by atoms with Crippen LogP contribution in [0.2, 0.25) is 0 Å². The summed E-state index contributed by atoms with van der Waals surface area (Å²) in [6.07, 6.45) is 6.45. The van der Waals surface area contributed by atoms with Gasteiger partial charge >= 0.3 is 0 Å². The number of aliphatic hydroxyl groups is 1. The van der Waals surface area contributed by atoms with Crippen LogP contribution >= 0.6 is 0 Å². The smallest absolute Gasteiger partial charge is 0.0576 e. The lowest BCUT2D eigenvalue weighted by atomic mass is 9.70. The topological polar surface area (TPSA) is 20.2 Å². The molecule has 1 rings (SSSR count). The Kier molecular flexibility index (Phi) is 2.94. The van der Waals surface area contributed by atoms with E-state index in [-0.39, 0.29) is 11.5 Å². The van der Waals surface area contributed by atoms with Gasteiger partial charge in [0, 0.05) is 0 Å². The zero-order chi connectivity index (χ0) is 9.19. The Labute approximate surface area is 75.5 Å². The van der Waals surface area contributed by atoms with Crippen LogP contribution in [0.25, 0.3) is 0 Å². The molecule has 0 amide bonds. The molecule has 0 spiro atoms. The molecule has 1 N–H and O–H groups in total. The molecule has 2 atom stereocenters. The first-order valence-corrected chi connectivity index (χ1v) is 4.89. The van der Waals surface area contributed by atoms with E-state index in [0.717, 1.165) is 12.8 Å². The molecule has 12 heavy (non-hydrogen) atoms. The van der Waals surface area contributed by atoms with Crippen LogP contribution in [-0.2, 0) is 0 Å². The minimum absolute atomic E-state index is 0.0971. The predicted molar refractivity (Wildman–Crippen MR) is 51.9 cm³/mol. The highest BCUT2D eigenvalue weighted by molar-refractivity contribution is 4.96. The molecule has 1 saturated carbocycles. The first-order chi connectivity index (χ1) is 5.58. The maximum absolute atomic E-state index is 9.79. The Hall–Kier alpha value is -0.300. The van der Waals surface area contributed by atoms with Crippen molar-refractivity contribution < 1.29 is 5.11 Å². The molecule has 0 saturated heterocycles. The van der Waals surface area contributed by atoms with E-state index >= 15 is 0 Å². The molecule has 0 heterocycles. The summed E-state index contributed by atoms with van der Waals surface area (Å²) < 4.78 is 0. The molecule has 2 unspecified atom stereocenters. The van der Waals surface area contributed by atoms with Crippen LogP contribution in [-0.4, -0.2) is 11.2 Å². The van der Waals surface area contributed by atoms with Crippen molar-refractivity contribution in [2.24, 2.45) is 11.3 Å². The van der Waals surface area contributed by atoms with Gasteiger partial charge in [-0.05, 0) is 24.2 Å². The van der Waals surface area contributed by atoms with Crippen molar-refractivity contribution in [2.45, 2.75) is 45.6 Å². The lowest BCUT2D eigenvalue weighted by Crippen LogP contribution is -2.35. The van der Waals surface area contributed by atoms with E-state index in [1.54, 1.807) is 0 Å². The third-order valence-corrected chi connectivity index (χ3v) is 3.21. The fourth-order valence-electron chi connectivity index (χ4n) is 2.13. The zero-order valence-electron chi connectivity index (χ0n) is 8.21. The summed E-state index contributed by atoms with van der Waals surface area (Å²) in [5.41, 5.74) is 0.0971. The fraction of sp³-hybridized carbons (Fsp3) is 0.818. The molecule has 1 nitrogen and oxygen atoms in total. The van der Waals surface area contributed by atoms with Crippen molar-refractivity contribution >= 4 is 0 Å². The first-order valence-electron chi connectivity index (χ1n) is 4.89. The second-order valence-corrected chi connectivity index (χ2v) is 4.48. The third-order valence-electron chi connectivity index (χ3n) is 3.21. The SMILES string of the molecule is C=CC(C)(C)C1CCCCC1O. The maximum Gasteiger partial charge on any atom is 0.0576 e. The fourth-order valence-corrected chi connectivity index (χ4v) is 2.13. The minimum atomic E-state index is -0.105. The summed E-state index contributed by atoms with van der Waals surface area (Å²) in [6, 6.07) is 0. The Morgan fingerprint density at radius 2 is 1.92 bits per heavy atom. The Morgan fingerprint density at radius 1 is 1.33 bits per heavy atom. The van der Waals surface area contributed by atoms with Gasteiger partial charge in [0.05, 0.1) is 6.10 Å². The monoisotopic (exact) mass is 168 g/mol. The van der Waals surface area contributed by atoms with Crippen molar-refractivity contribution in [3.63, 3.8) is 0 Å². The van der Waals surface area contributed by atoms with Crippen LogP contribution in [0, 0.1) is 11.3 Å². The summed E-state index contributed by atoms with van der Waals surface area (Å²) >= 11 is 0.